The van der Waals surface area contributed by atoms with Gasteiger partial charge in [-0.2, -0.15) is 13.2 Å². The van der Waals surface area contributed by atoms with E-state index >= 15 is 0 Å². The van der Waals surface area contributed by atoms with E-state index in [1.165, 1.54) is 13.3 Å². The molecule has 29 heavy (non-hydrogen) atoms. The predicted octanol–water partition coefficient (Wildman–Crippen LogP) is 4.76. The molecule has 1 aliphatic rings. The van der Waals surface area contributed by atoms with Gasteiger partial charge in [-0.3, -0.25) is 4.79 Å². The zero-order valence-electron chi connectivity index (χ0n) is 16.0. The summed E-state index contributed by atoms with van der Waals surface area (Å²) in [6, 6.07) is 14.1. The van der Waals surface area contributed by atoms with E-state index in [9.17, 15) is 18.0 Å². The van der Waals surface area contributed by atoms with E-state index in [4.69, 9.17) is 9.47 Å². The van der Waals surface area contributed by atoms with Crippen LogP contribution in [-0.2, 0) is 4.79 Å². The van der Waals surface area contributed by atoms with Crippen molar-refractivity contribution in [2.24, 2.45) is 0 Å². The first-order chi connectivity index (χ1) is 13.8. The molecular weight excluding hydrogens is 385 g/mol. The second-order valence-electron chi connectivity index (χ2n) is 6.51. The van der Waals surface area contributed by atoms with Crippen molar-refractivity contribution in [1.29, 1.82) is 0 Å². The lowest BCUT2D eigenvalue weighted by atomic mass is 10.00. The molecule has 0 saturated carbocycles. The number of nitrogens with zero attached hydrogens (tertiary/aromatic N) is 1. The van der Waals surface area contributed by atoms with Crippen molar-refractivity contribution >= 4 is 17.2 Å². The largest absolute Gasteiger partial charge is 0.497 e. The number of benzene rings is 2. The molecule has 0 saturated heterocycles. The van der Waals surface area contributed by atoms with Crippen molar-refractivity contribution in [2.45, 2.75) is 25.2 Å². The number of hydrogen-bond acceptors (Lipinski definition) is 5. The lowest BCUT2D eigenvalue weighted by Gasteiger charge is -2.36. The Balaban J connectivity index is 1.91. The fourth-order valence-electron chi connectivity index (χ4n) is 3.14. The van der Waals surface area contributed by atoms with E-state index in [-0.39, 0.29) is 18.2 Å². The molecule has 1 unspecified atom stereocenters. The van der Waals surface area contributed by atoms with Gasteiger partial charge in [-0.15, -0.1) is 0 Å². The van der Waals surface area contributed by atoms with Gasteiger partial charge in [-0.1, -0.05) is 0 Å². The number of alkyl halides is 3. The number of methoxy groups -OCH3 is 2. The van der Waals surface area contributed by atoms with Gasteiger partial charge in [0, 0.05) is 23.1 Å². The average molecular weight is 406 g/mol. The van der Waals surface area contributed by atoms with E-state index < -0.39 is 12.0 Å². The Labute approximate surface area is 166 Å². The fourth-order valence-corrected chi connectivity index (χ4v) is 3.14. The summed E-state index contributed by atoms with van der Waals surface area (Å²) in [4.78, 5) is 13.4. The van der Waals surface area contributed by atoms with E-state index in [0.29, 0.717) is 23.6 Å². The zero-order chi connectivity index (χ0) is 21.0. The Morgan fingerprint density at radius 1 is 1.00 bits per heavy atom. The van der Waals surface area contributed by atoms with Gasteiger partial charge in [0.1, 0.15) is 17.7 Å². The summed E-state index contributed by atoms with van der Waals surface area (Å²) >= 11 is 0. The minimum Gasteiger partial charge on any atom is -0.497 e. The molecule has 154 valence electrons. The van der Waals surface area contributed by atoms with Gasteiger partial charge in [-0.05, 0) is 61.4 Å². The number of Topliss-reactive ketones (excluding diaryl/α,β-unsaturated/α-hetero) is 1. The van der Waals surface area contributed by atoms with E-state index in [1.54, 1.807) is 48.4 Å². The Hall–Kier alpha value is -3.16. The molecule has 0 aliphatic carbocycles. The van der Waals surface area contributed by atoms with Crippen LogP contribution in [-0.4, -0.2) is 32.3 Å². The average Bonchev–Trinajstić information content (AvgIpc) is 2.73. The molecule has 5 nitrogen and oxygen atoms in total. The third-order valence-corrected chi connectivity index (χ3v) is 4.66. The molecule has 0 fully saturated rings. The first kappa shape index (κ1) is 20.6. The summed E-state index contributed by atoms with van der Waals surface area (Å²) in [5, 5.41) is 3.31. The highest BCUT2D eigenvalue weighted by molar-refractivity contribution is 6.00. The van der Waals surface area contributed by atoms with Crippen LogP contribution in [0.5, 0.6) is 11.5 Å². The summed E-state index contributed by atoms with van der Waals surface area (Å²) in [6.45, 7) is 0. The van der Waals surface area contributed by atoms with Gasteiger partial charge < -0.3 is 19.7 Å². The summed E-state index contributed by atoms with van der Waals surface area (Å²) in [5.41, 5.74) is 1.17. The lowest BCUT2D eigenvalue weighted by Crippen LogP contribution is -2.42. The molecule has 1 aliphatic heterocycles. The minimum atomic E-state index is -4.90. The number of rotatable bonds is 6. The van der Waals surface area contributed by atoms with E-state index in [1.807, 2.05) is 12.1 Å². The minimum absolute atomic E-state index is 0.0266. The molecule has 1 atom stereocenters. The van der Waals surface area contributed by atoms with Crippen molar-refractivity contribution < 1.29 is 27.4 Å². The number of hydrogen-bond donors (Lipinski definition) is 1. The number of nitrogens with one attached hydrogen (secondary N) is 1. The van der Waals surface area contributed by atoms with Crippen molar-refractivity contribution in [1.82, 2.24) is 0 Å². The van der Waals surface area contributed by atoms with Gasteiger partial charge in [-0.25, -0.2) is 0 Å². The monoisotopic (exact) mass is 406 g/mol. The maximum absolute atomic E-state index is 12.9. The summed E-state index contributed by atoms with van der Waals surface area (Å²) in [7, 11) is 3.10. The standard InChI is InChI=1S/C21H21F3N2O3/c1-28-17-8-4-15(5-9-17)25-19-12-3-14(20(27)21(22,23)24)13-26(19)16-6-10-18(29-2)11-7-16/h4-11,13,19,25H,3,12H2,1-2H3. The Bertz CT molecular complexity index is 878. The molecule has 0 radical (unpaired) electrons. The first-order valence-corrected chi connectivity index (χ1v) is 8.97. The molecule has 0 aromatic heterocycles. The molecule has 2 aromatic carbocycles. The third kappa shape index (κ3) is 4.82. The number of ether oxygens (including phenoxy) is 2. The van der Waals surface area contributed by atoms with Gasteiger partial charge >= 0.3 is 6.18 Å². The SMILES string of the molecule is COc1ccc(NC2CCC(C(=O)C(F)(F)F)=CN2c2ccc(OC)cc2)cc1. The van der Waals surface area contributed by atoms with Gasteiger partial charge in [0.25, 0.3) is 5.78 Å². The van der Waals surface area contributed by atoms with E-state index in [0.717, 1.165) is 5.69 Å². The zero-order valence-corrected chi connectivity index (χ0v) is 16.0. The van der Waals surface area contributed by atoms with Crippen molar-refractivity contribution in [3.8, 4) is 11.5 Å². The fraction of sp³-hybridized carbons (Fsp3) is 0.286. The Kier molecular flexibility index (Phi) is 6.00. The number of allylic oxidation sites excluding steroid dienone is 1. The van der Waals surface area contributed by atoms with E-state index in [2.05, 4.69) is 5.32 Å². The van der Waals surface area contributed by atoms with Crippen molar-refractivity contribution in [3.63, 3.8) is 0 Å². The Morgan fingerprint density at radius 2 is 1.55 bits per heavy atom. The number of carbonyl (C=O) groups excluding carboxylic acids is 1. The molecule has 1 N–H and O–H groups in total. The highest BCUT2D eigenvalue weighted by atomic mass is 19.4. The van der Waals surface area contributed by atoms with Crippen molar-refractivity contribution in [3.05, 3.63) is 60.3 Å². The second kappa shape index (κ2) is 8.46. The Morgan fingerprint density at radius 3 is 2.07 bits per heavy atom. The summed E-state index contributed by atoms with van der Waals surface area (Å²) in [6.07, 6.45) is -3.60. The molecule has 0 spiro atoms. The van der Waals surface area contributed by atoms with Crippen LogP contribution >= 0.6 is 0 Å². The molecule has 0 amide bonds. The highest BCUT2D eigenvalue weighted by Gasteiger charge is 2.42. The molecule has 3 rings (SSSR count). The van der Waals surface area contributed by atoms with Crippen LogP contribution in [0.4, 0.5) is 24.5 Å². The van der Waals surface area contributed by atoms with Crippen LogP contribution in [0.25, 0.3) is 0 Å². The van der Waals surface area contributed by atoms with Crippen LogP contribution in [0.15, 0.2) is 60.3 Å². The maximum Gasteiger partial charge on any atom is 0.454 e. The summed E-state index contributed by atoms with van der Waals surface area (Å²) in [5.74, 6) is -0.482. The van der Waals surface area contributed by atoms with Gasteiger partial charge in [0.05, 0.1) is 14.2 Å². The molecule has 2 aromatic rings. The number of carbonyl (C=O) groups is 1. The van der Waals surface area contributed by atoms with Crippen LogP contribution in [0.1, 0.15) is 12.8 Å². The molecule has 8 heteroatoms. The first-order valence-electron chi connectivity index (χ1n) is 8.97. The number of ketones is 1. The normalized spacial score (nSPS) is 16.8. The third-order valence-electron chi connectivity index (χ3n) is 4.66. The maximum atomic E-state index is 12.9. The molecular formula is C21H21F3N2O3. The predicted molar refractivity (Wildman–Crippen MR) is 104 cm³/mol. The number of anilines is 2. The second-order valence-corrected chi connectivity index (χ2v) is 6.51. The van der Waals surface area contributed by atoms with Crippen molar-refractivity contribution in [2.75, 3.05) is 24.4 Å². The van der Waals surface area contributed by atoms with Crippen LogP contribution in [0.2, 0.25) is 0 Å². The summed E-state index contributed by atoms with van der Waals surface area (Å²) < 4.78 is 49.1. The van der Waals surface area contributed by atoms with Crippen LogP contribution < -0.4 is 19.7 Å². The van der Waals surface area contributed by atoms with Gasteiger partial charge in [0.2, 0.25) is 0 Å². The topological polar surface area (TPSA) is 50.8 Å². The molecule has 1 heterocycles. The molecule has 0 bridgehead atoms. The van der Waals surface area contributed by atoms with Gasteiger partial charge in [0.15, 0.2) is 0 Å². The quantitative estimate of drug-likeness (QED) is 0.750. The smallest absolute Gasteiger partial charge is 0.454 e. The lowest BCUT2D eigenvalue weighted by molar-refractivity contribution is -0.166. The highest BCUT2D eigenvalue weighted by Crippen LogP contribution is 2.32. The van der Waals surface area contributed by atoms with Crippen LogP contribution in [0, 0.1) is 0 Å². The van der Waals surface area contributed by atoms with Crippen LogP contribution in [0.3, 0.4) is 0 Å². The number of halogens is 3.